The minimum atomic E-state index is -1.99. The Hall–Kier alpha value is 2.32. The second-order valence-corrected chi connectivity index (χ2v) is 7.69. The maximum atomic E-state index is 5.78. The van der Waals surface area contributed by atoms with E-state index in [0.717, 1.165) is 0 Å². The maximum Gasteiger partial charge on any atom is 0.226 e. The zero-order chi connectivity index (χ0) is 10.9. The first-order valence-electron chi connectivity index (χ1n) is 2.94. The highest BCUT2D eigenvalue weighted by Gasteiger charge is 2.59. The first-order chi connectivity index (χ1) is 5.56. The topological polar surface area (TPSA) is 0 Å². The molecule has 0 saturated carbocycles. The van der Waals surface area contributed by atoms with Gasteiger partial charge in [0.2, 0.25) is 3.79 Å². The number of hydrogen-bond acceptors (Lipinski definition) is 0. The van der Waals surface area contributed by atoms with Crippen molar-refractivity contribution in [2.75, 3.05) is 5.88 Å². The summed E-state index contributed by atoms with van der Waals surface area (Å²) >= 11 is 44.9. The van der Waals surface area contributed by atoms with Crippen molar-refractivity contribution in [2.24, 2.45) is 0 Å². The van der Waals surface area contributed by atoms with Gasteiger partial charge in [0.15, 0.2) is 8.67 Å². The quantitative estimate of drug-likeness (QED) is 0.605. The SMILES string of the molecule is ClCCC(Cl)(Cl)C(Cl)(Cl)C(Cl)(Cl)Cl. The third-order valence-electron chi connectivity index (χ3n) is 1.22. The standard InChI is InChI=1S/C5H4Cl8/c6-2-1-3(7,8)4(9,10)5(11,12)13/h1-2H2. The van der Waals surface area contributed by atoms with E-state index in [0.29, 0.717) is 0 Å². The van der Waals surface area contributed by atoms with E-state index in [4.69, 9.17) is 92.8 Å². The third-order valence-corrected chi connectivity index (χ3v) is 5.39. The van der Waals surface area contributed by atoms with Gasteiger partial charge in [-0.1, -0.05) is 81.2 Å². The summed E-state index contributed by atoms with van der Waals surface area (Å²) in [6.45, 7) is 0. The van der Waals surface area contributed by atoms with Gasteiger partial charge in [0.1, 0.15) is 0 Å². The maximum absolute atomic E-state index is 5.78. The molecule has 0 aromatic carbocycles. The molecule has 80 valence electrons. The highest BCUT2D eigenvalue weighted by Crippen LogP contribution is 2.57. The first-order valence-corrected chi connectivity index (χ1v) is 6.12. The molecule has 0 spiro atoms. The van der Waals surface area contributed by atoms with Crippen LogP contribution in [0, 0.1) is 0 Å². The lowest BCUT2D eigenvalue weighted by Gasteiger charge is -2.37. The van der Waals surface area contributed by atoms with E-state index in [1.54, 1.807) is 0 Å². The monoisotopic (exact) mass is 344 g/mol. The Balaban J connectivity index is 4.81. The van der Waals surface area contributed by atoms with Gasteiger partial charge in [-0.15, -0.1) is 11.6 Å². The predicted octanol–water partition coefficient (Wildman–Crippen LogP) is 5.33. The van der Waals surface area contributed by atoms with Crippen LogP contribution in [0.4, 0.5) is 0 Å². The minimum absolute atomic E-state index is 0.0958. The summed E-state index contributed by atoms with van der Waals surface area (Å²) in [6.07, 6.45) is 0.0958. The smallest absolute Gasteiger partial charge is 0.127 e. The van der Waals surface area contributed by atoms with Crippen molar-refractivity contribution < 1.29 is 0 Å². The molecule has 0 fully saturated rings. The van der Waals surface area contributed by atoms with Crippen molar-refractivity contribution in [3.63, 3.8) is 0 Å². The molecular formula is C5H4Cl8. The van der Waals surface area contributed by atoms with Crippen LogP contribution in [0.15, 0.2) is 0 Å². The molecule has 0 radical (unpaired) electrons. The second kappa shape index (κ2) is 5.10. The molecule has 0 aliphatic rings. The van der Waals surface area contributed by atoms with Crippen LogP contribution in [0.5, 0.6) is 0 Å². The summed E-state index contributed by atoms with van der Waals surface area (Å²) < 4.78 is -5.54. The molecule has 0 bridgehead atoms. The van der Waals surface area contributed by atoms with E-state index in [9.17, 15) is 0 Å². The average molecular weight is 348 g/mol. The lowest BCUT2D eigenvalue weighted by Crippen LogP contribution is -2.47. The molecular weight excluding hydrogens is 344 g/mol. The molecule has 0 aromatic heterocycles. The number of rotatable bonds is 3. The largest absolute Gasteiger partial charge is 0.226 e. The Morgan fingerprint density at radius 3 is 1.38 bits per heavy atom. The molecule has 0 nitrogen and oxygen atoms in total. The van der Waals surface area contributed by atoms with Crippen LogP contribution in [-0.4, -0.2) is 18.3 Å². The summed E-state index contributed by atoms with van der Waals surface area (Å²) in [5.41, 5.74) is 0. The molecule has 13 heavy (non-hydrogen) atoms. The van der Waals surface area contributed by atoms with E-state index < -0.39 is 12.5 Å². The van der Waals surface area contributed by atoms with Gasteiger partial charge >= 0.3 is 0 Å². The van der Waals surface area contributed by atoms with Crippen LogP contribution in [-0.2, 0) is 0 Å². The Bertz CT molecular complexity index is 168. The summed E-state index contributed by atoms with van der Waals surface area (Å²) in [4.78, 5) is 0. The molecule has 0 atom stereocenters. The minimum Gasteiger partial charge on any atom is -0.127 e. The zero-order valence-corrected chi connectivity index (χ0v) is 12.0. The van der Waals surface area contributed by atoms with E-state index in [1.807, 2.05) is 0 Å². The van der Waals surface area contributed by atoms with Crippen LogP contribution in [0.2, 0.25) is 0 Å². The van der Waals surface area contributed by atoms with E-state index in [2.05, 4.69) is 0 Å². The van der Waals surface area contributed by atoms with Gasteiger partial charge in [-0.2, -0.15) is 0 Å². The van der Waals surface area contributed by atoms with Crippen molar-refractivity contribution in [1.29, 1.82) is 0 Å². The lowest BCUT2D eigenvalue weighted by molar-refractivity contribution is 0.644. The normalized spacial score (nSPS) is 14.8. The van der Waals surface area contributed by atoms with Crippen LogP contribution in [0.1, 0.15) is 6.42 Å². The Morgan fingerprint density at radius 2 is 1.15 bits per heavy atom. The Kier molecular flexibility index (Phi) is 6.01. The van der Waals surface area contributed by atoms with Gasteiger partial charge in [0.25, 0.3) is 0 Å². The molecule has 0 rings (SSSR count). The van der Waals surface area contributed by atoms with Gasteiger partial charge in [-0.25, -0.2) is 0 Å². The van der Waals surface area contributed by atoms with Crippen LogP contribution in [0.3, 0.4) is 0 Å². The summed E-state index contributed by atoms with van der Waals surface area (Å²) in [6, 6.07) is 0. The highest BCUT2D eigenvalue weighted by atomic mass is 35.6. The van der Waals surface area contributed by atoms with Gasteiger partial charge in [0, 0.05) is 5.88 Å². The fourth-order valence-corrected chi connectivity index (χ4v) is 2.40. The molecule has 0 unspecified atom stereocenters. The molecule has 0 saturated heterocycles. The fourth-order valence-electron chi connectivity index (χ4n) is 0.483. The van der Waals surface area contributed by atoms with Crippen LogP contribution >= 0.6 is 92.8 Å². The molecule has 0 amide bonds. The lowest BCUT2D eigenvalue weighted by atomic mass is 10.2. The van der Waals surface area contributed by atoms with Crippen molar-refractivity contribution in [3.8, 4) is 0 Å². The Labute approximate surface area is 117 Å². The van der Waals surface area contributed by atoms with Crippen LogP contribution < -0.4 is 0 Å². The van der Waals surface area contributed by atoms with Crippen molar-refractivity contribution in [3.05, 3.63) is 0 Å². The van der Waals surface area contributed by atoms with Gasteiger partial charge in [-0.05, 0) is 6.42 Å². The molecule has 0 N–H and O–H groups in total. The average Bonchev–Trinajstić information content (AvgIpc) is 1.84. The molecule has 0 aliphatic carbocycles. The van der Waals surface area contributed by atoms with Crippen LogP contribution in [0.25, 0.3) is 0 Å². The fraction of sp³-hybridized carbons (Fsp3) is 1.00. The van der Waals surface area contributed by atoms with Gasteiger partial charge in [0.05, 0.1) is 0 Å². The third kappa shape index (κ3) is 3.67. The molecule has 0 aliphatic heterocycles. The van der Waals surface area contributed by atoms with E-state index >= 15 is 0 Å². The summed E-state index contributed by atoms with van der Waals surface area (Å²) in [5.74, 6) is 0.148. The van der Waals surface area contributed by atoms with Gasteiger partial charge in [-0.3, -0.25) is 0 Å². The molecule has 0 heterocycles. The van der Waals surface area contributed by atoms with Crippen molar-refractivity contribution in [1.82, 2.24) is 0 Å². The summed E-state index contributed by atoms with van der Waals surface area (Å²) in [7, 11) is 0. The van der Waals surface area contributed by atoms with Crippen molar-refractivity contribution in [2.45, 2.75) is 18.9 Å². The van der Waals surface area contributed by atoms with E-state index in [1.165, 1.54) is 0 Å². The molecule has 0 aromatic rings. The van der Waals surface area contributed by atoms with Crippen molar-refractivity contribution >= 4 is 92.8 Å². The predicted molar refractivity (Wildman–Crippen MR) is 64.5 cm³/mol. The number of hydrogen-bond donors (Lipinski definition) is 0. The second-order valence-electron chi connectivity index (χ2n) is 2.22. The number of halogens is 8. The zero-order valence-electron chi connectivity index (χ0n) is 5.94. The highest BCUT2D eigenvalue weighted by molar-refractivity contribution is 6.78. The van der Waals surface area contributed by atoms with Gasteiger partial charge < -0.3 is 0 Å². The molecule has 8 heteroatoms. The summed E-state index contributed by atoms with van der Waals surface area (Å²) in [5, 5.41) is 0. The Morgan fingerprint density at radius 1 is 0.769 bits per heavy atom. The first kappa shape index (κ1) is 15.3. The van der Waals surface area contributed by atoms with E-state index in [-0.39, 0.29) is 12.3 Å². The number of alkyl halides is 8.